The van der Waals surface area contributed by atoms with Crippen molar-refractivity contribution >= 4 is 6.29 Å². The fraction of sp³-hybridized carbons (Fsp3) is 0.800. The van der Waals surface area contributed by atoms with Crippen LogP contribution in [0, 0.1) is 23.7 Å². The lowest BCUT2D eigenvalue weighted by molar-refractivity contribution is -0.119. The van der Waals surface area contributed by atoms with Gasteiger partial charge in [0.05, 0.1) is 12.2 Å². The van der Waals surface area contributed by atoms with Gasteiger partial charge in [-0.05, 0) is 31.1 Å². The quantitative estimate of drug-likeness (QED) is 0.543. The van der Waals surface area contributed by atoms with Crippen molar-refractivity contribution < 1.29 is 9.53 Å². The molecule has 2 aliphatic rings. The molecule has 0 radical (unpaired) electrons. The lowest BCUT2D eigenvalue weighted by Crippen LogP contribution is -2.34. The maximum atomic E-state index is 10.9. The van der Waals surface area contributed by atoms with Crippen LogP contribution < -0.4 is 0 Å². The van der Waals surface area contributed by atoms with E-state index in [1.807, 2.05) is 6.92 Å². The van der Waals surface area contributed by atoms with E-state index in [9.17, 15) is 4.79 Å². The van der Waals surface area contributed by atoms with Gasteiger partial charge in [-0.2, -0.15) is 0 Å². The standard InChI is InChI=1S/C15H24O2/c1-10-4-6-13-11(2)5-7-14(12(3)9-16)17-15(13)8-10/h4,6,9-15H,5,7-8H2,1-3H3/t10?,11-,12?,13?,14?,15?/m0/s1. The summed E-state index contributed by atoms with van der Waals surface area (Å²) in [6.07, 6.45) is 9.45. The maximum absolute atomic E-state index is 10.9. The van der Waals surface area contributed by atoms with E-state index in [-0.39, 0.29) is 12.0 Å². The van der Waals surface area contributed by atoms with Gasteiger partial charge in [-0.15, -0.1) is 0 Å². The Hall–Kier alpha value is -0.630. The molecule has 0 spiro atoms. The highest BCUT2D eigenvalue weighted by atomic mass is 16.5. The molecule has 1 saturated heterocycles. The largest absolute Gasteiger partial charge is 0.374 e. The highest BCUT2D eigenvalue weighted by Gasteiger charge is 2.36. The first-order valence-corrected chi connectivity index (χ1v) is 6.91. The first-order valence-electron chi connectivity index (χ1n) is 6.91. The van der Waals surface area contributed by atoms with Crippen molar-refractivity contribution in [3.05, 3.63) is 12.2 Å². The van der Waals surface area contributed by atoms with Crippen LogP contribution in [-0.2, 0) is 9.53 Å². The minimum absolute atomic E-state index is 0.0298. The maximum Gasteiger partial charge on any atom is 0.125 e. The third kappa shape index (κ3) is 2.79. The van der Waals surface area contributed by atoms with Crippen molar-refractivity contribution in [2.45, 2.75) is 52.2 Å². The zero-order valence-corrected chi connectivity index (χ0v) is 11.1. The van der Waals surface area contributed by atoms with Crippen molar-refractivity contribution in [1.29, 1.82) is 0 Å². The fourth-order valence-corrected chi connectivity index (χ4v) is 3.13. The molecule has 2 nitrogen and oxygen atoms in total. The minimum Gasteiger partial charge on any atom is -0.374 e. The molecule has 0 aromatic carbocycles. The monoisotopic (exact) mass is 236 g/mol. The minimum atomic E-state index is 0.0298. The Kier molecular flexibility index (Phi) is 4.03. The summed E-state index contributed by atoms with van der Waals surface area (Å²) in [5, 5.41) is 0. The number of carbonyl (C=O) groups excluding carboxylic acids is 1. The predicted molar refractivity (Wildman–Crippen MR) is 68.7 cm³/mol. The Bertz CT molecular complexity index is 297. The number of ether oxygens (including phenoxy) is 1. The molecule has 0 bridgehead atoms. The summed E-state index contributed by atoms with van der Waals surface area (Å²) in [6.45, 7) is 6.53. The van der Waals surface area contributed by atoms with Gasteiger partial charge < -0.3 is 9.53 Å². The molecule has 0 aromatic rings. The number of aldehydes is 1. The molecule has 1 aliphatic carbocycles. The summed E-state index contributed by atoms with van der Waals surface area (Å²) in [5.74, 6) is 1.86. The highest BCUT2D eigenvalue weighted by Crippen LogP contribution is 2.37. The molecule has 6 atom stereocenters. The third-order valence-electron chi connectivity index (χ3n) is 4.41. The van der Waals surface area contributed by atoms with Crippen LogP contribution in [0.4, 0.5) is 0 Å². The SMILES string of the molecule is CC1C=CC2C(C1)OC(C(C)C=O)CC[C@@H]2C. The van der Waals surface area contributed by atoms with Gasteiger partial charge in [-0.1, -0.05) is 32.9 Å². The summed E-state index contributed by atoms with van der Waals surface area (Å²) < 4.78 is 6.23. The summed E-state index contributed by atoms with van der Waals surface area (Å²) in [7, 11) is 0. The van der Waals surface area contributed by atoms with Gasteiger partial charge >= 0.3 is 0 Å². The Balaban J connectivity index is 2.12. The fourth-order valence-electron chi connectivity index (χ4n) is 3.13. The molecule has 1 aliphatic heterocycles. The lowest BCUT2D eigenvalue weighted by atomic mass is 9.79. The molecule has 2 heteroatoms. The molecule has 0 amide bonds. The van der Waals surface area contributed by atoms with Crippen molar-refractivity contribution in [3.8, 4) is 0 Å². The molecule has 17 heavy (non-hydrogen) atoms. The summed E-state index contributed by atoms with van der Waals surface area (Å²) in [5.41, 5.74) is 0. The zero-order valence-electron chi connectivity index (χ0n) is 11.1. The van der Waals surface area contributed by atoms with E-state index in [1.54, 1.807) is 0 Å². The van der Waals surface area contributed by atoms with Crippen LogP contribution in [0.25, 0.3) is 0 Å². The molecule has 0 N–H and O–H groups in total. The average molecular weight is 236 g/mol. The van der Waals surface area contributed by atoms with Crippen LogP contribution in [0.3, 0.4) is 0 Å². The molecule has 96 valence electrons. The Labute approximate surface area is 104 Å². The third-order valence-corrected chi connectivity index (χ3v) is 4.41. The summed E-state index contributed by atoms with van der Waals surface area (Å²) in [6, 6.07) is 0. The zero-order chi connectivity index (χ0) is 12.4. The van der Waals surface area contributed by atoms with Crippen LogP contribution in [0.5, 0.6) is 0 Å². The summed E-state index contributed by atoms with van der Waals surface area (Å²) in [4.78, 5) is 10.9. The molecular weight excluding hydrogens is 212 g/mol. The lowest BCUT2D eigenvalue weighted by Gasteiger charge is -2.33. The molecule has 1 fully saturated rings. The number of allylic oxidation sites excluding steroid dienone is 1. The Morgan fingerprint density at radius 1 is 1.29 bits per heavy atom. The topological polar surface area (TPSA) is 26.3 Å². The van der Waals surface area contributed by atoms with Crippen LogP contribution in [0.2, 0.25) is 0 Å². The van der Waals surface area contributed by atoms with Gasteiger partial charge in [-0.3, -0.25) is 0 Å². The van der Waals surface area contributed by atoms with Crippen LogP contribution in [0.15, 0.2) is 12.2 Å². The molecular formula is C15H24O2. The smallest absolute Gasteiger partial charge is 0.125 e. The van der Waals surface area contributed by atoms with Crippen molar-refractivity contribution in [2.24, 2.45) is 23.7 Å². The van der Waals surface area contributed by atoms with Crippen LogP contribution >= 0.6 is 0 Å². The summed E-state index contributed by atoms with van der Waals surface area (Å²) >= 11 is 0. The van der Waals surface area contributed by atoms with E-state index in [0.717, 1.165) is 19.1 Å². The number of rotatable bonds is 2. The first-order chi connectivity index (χ1) is 8.11. The number of fused-ring (bicyclic) bond motifs is 1. The Morgan fingerprint density at radius 2 is 2.06 bits per heavy atom. The van der Waals surface area contributed by atoms with E-state index in [2.05, 4.69) is 26.0 Å². The van der Waals surface area contributed by atoms with Crippen LogP contribution in [0.1, 0.15) is 40.0 Å². The molecule has 1 heterocycles. The highest BCUT2D eigenvalue weighted by molar-refractivity contribution is 5.53. The van der Waals surface area contributed by atoms with Gasteiger partial charge in [0.1, 0.15) is 6.29 Å². The normalized spacial score (nSPS) is 43.6. The van der Waals surface area contributed by atoms with Gasteiger partial charge in [0.25, 0.3) is 0 Å². The van der Waals surface area contributed by atoms with Crippen LogP contribution in [-0.4, -0.2) is 18.5 Å². The van der Waals surface area contributed by atoms with Crippen molar-refractivity contribution in [2.75, 3.05) is 0 Å². The van der Waals surface area contributed by atoms with E-state index < -0.39 is 0 Å². The van der Waals surface area contributed by atoms with E-state index >= 15 is 0 Å². The van der Waals surface area contributed by atoms with Gasteiger partial charge in [0.2, 0.25) is 0 Å². The second-order valence-corrected chi connectivity index (χ2v) is 5.94. The van der Waals surface area contributed by atoms with E-state index in [4.69, 9.17) is 4.74 Å². The number of carbonyl (C=O) groups is 1. The van der Waals surface area contributed by atoms with Crippen molar-refractivity contribution in [3.63, 3.8) is 0 Å². The average Bonchev–Trinajstić information content (AvgIpc) is 2.48. The number of hydrogen-bond acceptors (Lipinski definition) is 2. The second-order valence-electron chi connectivity index (χ2n) is 5.94. The number of hydrogen-bond donors (Lipinski definition) is 0. The van der Waals surface area contributed by atoms with E-state index in [0.29, 0.717) is 23.9 Å². The Morgan fingerprint density at radius 3 is 2.76 bits per heavy atom. The van der Waals surface area contributed by atoms with Gasteiger partial charge in [0.15, 0.2) is 0 Å². The van der Waals surface area contributed by atoms with Gasteiger partial charge in [-0.25, -0.2) is 0 Å². The first kappa shape index (κ1) is 12.8. The molecule has 0 aromatic heterocycles. The molecule has 2 rings (SSSR count). The second kappa shape index (κ2) is 5.34. The predicted octanol–water partition coefficient (Wildman–Crippen LogP) is 3.22. The van der Waals surface area contributed by atoms with Crippen molar-refractivity contribution in [1.82, 2.24) is 0 Å². The molecule has 0 saturated carbocycles. The molecule has 5 unspecified atom stereocenters. The van der Waals surface area contributed by atoms with Gasteiger partial charge in [0, 0.05) is 11.8 Å². The van der Waals surface area contributed by atoms with E-state index in [1.165, 1.54) is 6.42 Å².